The Balaban J connectivity index is 1.75. The van der Waals surface area contributed by atoms with Crippen molar-refractivity contribution in [1.29, 1.82) is 0 Å². The number of hydrogen-bond donors (Lipinski definition) is 3. The molecule has 0 saturated heterocycles. The van der Waals surface area contributed by atoms with E-state index in [0.29, 0.717) is 0 Å². The van der Waals surface area contributed by atoms with Crippen LogP contribution in [0.5, 0.6) is 0 Å². The lowest BCUT2D eigenvalue weighted by molar-refractivity contribution is -0.161. The second-order valence-corrected chi connectivity index (χ2v) is 7.63. The number of rotatable bonds is 13. The number of hydrogen-bond acceptors (Lipinski definition) is 8. The summed E-state index contributed by atoms with van der Waals surface area (Å²) in [7, 11) is 0. The molecule has 2 amide bonds. The molecule has 3 rings (SSSR count). The van der Waals surface area contributed by atoms with E-state index in [1.165, 1.54) is 0 Å². The summed E-state index contributed by atoms with van der Waals surface area (Å²) in [6.45, 7) is 0.137. The van der Waals surface area contributed by atoms with E-state index in [-0.39, 0.29) is 52.9 Å². The van der Waals surface area contributed by atoms with Gasteiger partial charge in [0, 0.05) is 0 Å². The minimum atomic E-state index is -1.39. The molecule has 1 aliphatic rings. The van der Waals surface area contributed by atoms with Crippen molar-refractivity contribution in [3.05, 3.63) is 59.7 Å². The molecule has 1 aliphatic heterocycles. The van der Waals surface area contributed by atoms with Crippen LogP contribution in [0.25, 0.3) is 0 Å². The highest BCUT2D eigenvalue weighted by Gasteiger charge is 2.30. The number of benzene rings is 2. The first-order valence-corrected chi connectivity index (χ1v) is 11.6. The van der Waals surface area contributed by atoms with Gasteiger partial charge in [0.2, 0.25) is 6.23 Å². The number of aliphatic hydroxyl groups excluding tert-OH is 2. The maximum Gasteiger partial charge on any atom is 0.356 e. The molecule has 10 nitrogen and oxygen atoms in total. The first kappa shape index (κ1) is 26.6. The Morgan fingerprint density at radius 1 is 0.800 bits per heavy atom. The first-order valence-electron chi connectivity index (χ1n) is 11.6. The zero-order valence-corrected chi connectivity index (χ0v) is 19.6. The predicted octanol–water partition coefficient (Wildman–Crippen LogP) is 1.54. The van der Waals surface area contributed by atoms with Gasteiger partial charge in [-0.1, -0.05) is 36.4 Å². The number of esters is 1. The zero-order chi connectivity index (χ0) is 24.9. The van der Waals surface area contributed by atoms with E-state index in [2.05, 4.69) is 5.32 Å². The summed E-state index contributed by atoms with van der Waals surface area (Å²) in [5.74, 6) is -0.788. The van der Waals surface area contributed by atoms with Crippen molar-refractivity contribution in [3.63, 3.8) is 0 Å². The average molecular weight is 489 g/mol. The van der Waals surface area contributed by atoms with E-state index >= 15 is 0 Å². The third kappa shape index (κ3) is 7.74. The topological polar surface area (TPSA) is 127 Å². The number of aryl methyl sites for hydroxylation is 2. The molecule has 190 valence electrons. The molecule has 1 unspecified atom stereocenters. The van der Waals surface area contributed by atoms with Gasteiger partial charge >= 0.3 is 12.0 Å². The molecular formula is C25H32N2O8. The zero-order valence-electron chi connectivity index (χ0n) is 19.6. The van der Waals surface area contributed by atoms with Crippen molar-refractivity contribution in [1.82, 2.24) is 5.32 Å². The molecule has 2 aromatic carbocycles. The van der Waals surface area contributed by atoms with Gasteiger partial charge in [0.15, 0.2) is 0 Å². The largest absolute Gasteiger partial charge is 0.460 e. The second-order valence-electron chi connectivity index (χ2n) is 7.63. The van der Waals surface area contributed by atoms with Crippen LogP contribution in [-0.2, 0) is 36.6 Å². The summed E-state index contributed by atoms with van der Waals surface area (Å²) in [5, 5.41) is 20.3. The number of anilines is 2. The van der Waals surface area contributed by atoms with E-state index in [0.717, 1.165) is 35.3 Å². The number of urea groups is 1. The van der Waals surface area contributed by atoms with Crippen molar-refractivity contribution in [2.45, 2.75) is 19.1 Å². The Labute approximate surface area is 204 Å². The molecule has 1 atom stereocenters. The highest BCUT2D eigenvalue weighted by Crippen LogP contribution is 2.35. The standard InChI is InChI=1S/C25H32N2O8/c28-11-13-32-15-17-34-23(24(30)35-18-16-33-14-12-29)26-25(31)27-21-7-3-1-5-19(21)9-10-20-6-2-4-8-22(20)27/h1-8,23,28-29H,9-18H2,(H,26,31). The number of nitrogens with zero attached hydrogens (tertiary/aromatic N) is 1. The predicted molar refractivity (Wildman–Crippen MR) is 127 cm³/mol. The SMILES string of the molecule is O=C(OCCOCCO)C(NC(=O)N1c2ccccc2CCc2ccccc21)OCCOCCO. The number of para-hydroxylation sites is 2. The van der Waals surface area contributed by atoms with Crippen LogP contribution in [0.3, 0.4) is 0 Å². The molecule has 3 N–H and O–H groups in total. The van der Waals surface area contributed by atoms with E-state index in [4.69, 9.17) is 29.2 Å². The first-order chi connectivity index (χ1) is 17.2. The second kappa shape index (κ2) is 14.4. The van der Waals surface area contributed by atoms with Gasteiger partial charge in [0.1, 0.15) is 6.61 Å². The summed E-state index contributed by atoms with van der Waals surface area (Å²) in [6, 6.07) is 14.7. The number of nitrogens with one attached hydrogen (secondary N) is 1. The van der Waals surface area contributed by atoms with Crippen molar-refractivity contribution in [2.24, 2.45) is 0 Å². The quantitative estimate of drug-likeness (QED) is 0.220. The lowest BCUT2D eigenvalue weighted by atomic mass is 10.0. The van der Waals surface area contributed by atoms with Gasteiger partial charge in [0.05, 0.1) is 57.6 Å². The van der Waals surface area contributed by atoms with E-state index < -0.39 is 18.2 Å². The summed E-state index contributed by atoms with van der Waals surface area (Å²) in [5.41, 5.74) is 3.48. The minimum absolute atomic E-state index is 0.00572. The maximum atomic E-state index is 13.6. The number of ether oxygens (including phenoxy) is 4. The van der Waals surface area contributed by atoms with Crippen molar-refractivity contribution in [3.8, 4) is 0 Å². The average Bonchev–Trinajstić information content (AvgIpc) is 3.04. The minimum Gasteiger partial charge on any atom is -0.460 e. The molecule has 0 bridgehead atoms. The van der Waals surface area contributed by atoms with E-state index in [9.17, 15) is 9.59 Å². The summed E-state index contributed by atoms with van der Waals surface area (Å²) < 4.78 is 21.0. The molecule has 2 aromatic rings. The fourth-order valence-corrected chi connectivity index (χ4v) is 3.68. The summed E-state index contributed by atoms with van der Waals surface area (Å²) >= 11 is 0. The molecular weight excluding hydrogens is 456 g/mol. The fraction of sp³-hybridized carbons (Fsp3) is 0.440. The molecule has 35 heavy (non-hydrogen) atoms. The van der Waals surface area contributed by atoms with Gasteiger partial charge in [0.25, 0.3) is 0 Å². The van der Waals surface area contributed by atoms with Crippen molar-refractivity contribution < 1.29 is 38.7 Å². The number of aliphatic hydroxyl groups is 2. The van der Waals surface area contributed by atoms with Crippen LogP contribution in [0.2, 0.25) is 0 Å². The summed E-state index contributed by atoms with van der Waals surface area (Å²) in [4.78, 5) is 27.8. The van der Waals surface area contributed by atoms with Crippen LogP contribution in [0.1, 0.15) is 11.1 Å². The van der Waals surface area contributed by atoms with Gasteiger partial charge in [-0.05, 0) is 36.1 Å². The Morgan fingerprint density at radius 2 is 1.34 bits per heavy atom. The number of carbonyl (C=O) groups is 2. The third-order valence-electron chi connectivity index (χ3n) is 5.26. The normalized spacial score (nSPS) is 13.4. The van der Waals surface area contributed by atoms with Gasteiger partial charge < -0.3 is 34.5 Å². The molecule has 0 saturated carbocycles. The van der Waals surface area contributed by atoms with Gasteiger partial charge in [-0.3, -0.25) is 4.90 Å². The maximum absolute atomic E-state index is 13.6. The Hall–Kier alpha value is -3.02. The molecule has 0 radical (unpaired) electrons. The third-order valence-corrected chi connectivity index (χ3v) is 5.26. The lowest BCUT2D eigenvalue weighted by Crippen LogP contribution is -2.49. The highest BCUT2D eigenvalue weighted by molar-refractivity contribution is 6.02. The van der Waals surface area contributed by atoms with Crippen LogP contribution >= 0.6 is 0 Å². The number of fused-ring (bicyclic) bond motifs is 2. The monoisotopic (exact) mass is 488 g/mol. The highest BCUT2D eigenvalue weighted by atomic mass is 16.6. The van der Waals surface area contributed by atoms with E-state index in [1.807, 2.05) is 48.5 Å². The molecule has 0 aliphatic carbocycles. The summed E-state index contributed by atoms with van der Waals surface area (Å²) in [6.07, 6.45) is 0.157. The Kier molecular flexibility index (Phi) is 10.9. The van der Waals surface area contributed by atoms with Crippen LogP contribution in [-0.4, -0.2) is 81.3 Å². The van der Waals surface area contributed by atoms with Crippen LogP contribution in [0, 0.1) is 0 Å². The lowest BCUT2D eigenvalue weighted by Gasteiger charge is -2.27. The fourth-order valence-electron chi connectivity index (χ4n) is 3.68. The Morgan fingerprint density at radius 3 is 1.91 bits per heavy atom. The van der Waals surface area contributed by atoms with Gasteiger partial charge in [-0.2, -0.15) is 0 Å². The molecule has 0 fully saturated rings. The van der Waals surface area contributed by atoms with Gasteiger partial charge in [-0.25, -0.2) is 9.59 Å². The van der Waals surface area contributed by atoms with Crippen LogP contribution < -0.4 is 10.2 Å². The van der Waals surface area contributed by atoms with Crippen molar-refractivity contribution in [2.75, 3.05) is 57.8 Å². The van der Waals surface area contributed by atoms with Crippen LogP contribution in [0.4, 0.5) is 16.2 Å². The molecule has 0 spiro atoms. The van der Waals surface area contributed by atoms with Gasteiger partial charge in [-0.15, -0.1) is 0 Å². The molecule has 10 heteroatoms. The number of carbonyl (C=O) groups excluding carboxylic acids is 2. The smallest absolute Gasteiger partial charge is 0.356 e. The number of amides is 2. The van der Waals surface area contributed by atoms with Crippen molar-refractivity contribution >= 4 is 23.4 Å². The van der Waals surface area contributed by atoms with E-state index in [1.54, 1.807) is 4.90 Å². The molecule has 0 aromatic heterocycles. The Bertz CT molecular complexity index is 907. The van der Waals surface area contributed by atoms with Crippen LogP contribution in [0.15, 0.2) is 48.5 Å². The molecule has 1 heterocycles.